The third kappa shape index (κ3) is 2.62. The van der Waals surface area contributed by atoms with Gasteiger partial charge in [-0.15, -0.1) is 0 Å². The zero-order valence-electron chi connectivity index (χ0n) is 12.2. The molecular weight excluding hydrogens is 266 g/mol. The standard InChI is InChI=1S/C15H19N5O/c1-3-20(2)15-18-14(21-19-15)12(16)8-10-9-17-13-7-5-4-6-11(10)13/h4-7,9,12,17H,3,8,16H2,1-2H3/t12-/m0/s1. The fourth-order valence-corrected chi connectivity index (χ4v) is 2.30. The maximum Gasteiger partial charge on any atom is 0.265 e. The molecule has 3 aromatic rings. The topological polar surface area (TPSA) is 84.0 Å². The summed E-state index contributed by atoms with van der Waals surface area (Å²) in [6.45, 7) is 2.85. The normalized spacial score (nSPS) is 12.7. The molecule has 0 aliphatic carbocycles. The molecule has 0 saturated carbocycles. The van der Waals surface area contributed by atoms with Gasteiger partial charge in [-0.1, -0.05) is 18.2 Å². The van der Waals surface area contributed by atoms with E-state index in [4.69, 9.17) is 10.3 Å². The van der Waals surface area contributed by atoms with Crippen LogP contribution in [-0.4, -0.2) is 28.7 Å². The van der Waals surface area contributed by atoms with Crippen molar-refractivity contribution in [2.45, 2.75) is 19.4 Å². The Morgan fingerprint density at radius 3 is 3.00 bits per heavy atom. The molecule has 1 atom stereocenters. The van der Waals surface area contributed by atoms with Crippen molar-refractivity contribution in [3.63, 3.8) is 0 Å². The van der Waals surface area contributed by atoms with Crippen molar-refractivity contribution in [3.05, 3.63) is 41.9 Å². The van der Waals surface area contributed by atoms with Gasteiger partial charge in [0.2, 0.25) is 5.89 Å². The van der Waals surface area contributed by atoms with Crippen LogP contribution >= 0.6 is 0 Å². The number of para-hydroxylation sites is 1. The summed E-state index contributed by atoms with van der Waals surface area (Å²) in [5.74, 6) is 1.04. The fraction of sp³-hybridized carbons (Fsp3) is 0.333. The predicted molar refractivity (Wildman–Crippen MR) is 82.2 cm³/mol. The number of hydrogen-bond acceptors (Lipinski definition) is 5. The van der Waals surface area contributed by atoms with Crippen LogP contribution in [0, 0.1) is 0 Å². The summed E-state index contributed by atoms with van der Waals surface area (Å²) in [4.78, 5) is 9.51. The van der Waals surface area contributed by atoms with E-state index >= 15 is 0 Å². The molecule has 110 valence electrons. The zero-order chi connectivity index (χ0) is 14.8. The maximum atomic E-state index is 6.20. The first-order valence-electron chi connectivity index (χ1n) is 7.04. The van der Waals surface area contributed by atoms with Gasteiger partial charge in [-0.25, -0.2) is 0 Å². The van der Waals surface area contributed by atoms with E-state index < -0.39 is 0 Å². The van der Waals surface area contributed by atoms with Crippen LogP contribution in [0.25, 0.3) is 10.9 Å². The minimum Gasteiger partial charge on any atom is -0.361 e. The van der Waals surface area contributed by atoms with Crippen LogP contribution in [0.1, 0.15) is 24.4 Å². The first kappa shape index (κ1) is 13.6. The van der Waals surface area contributed by atoms with Gasteiger partial charge in [0.1, 0.15) is 0 Å². The Bertz CT molecular complexity index is 732. The molecule has 0 aliphatic heterocycles. The van der Waals surface area contributed by atoms with E-state index in [0.717, 1.165) is 17.6 Å². The molecular formula is C15H19N5O. The molecule has 21 heavy (non-hydrogen) atoms. The first-order valence-corrected chi connectivity index (χ1v) is 7.04. The molecule has 0 saturated heterocycles. The van der Waals surface area contributed by atoms with Gasteiger partial charge in [-0.05, 0) is 30.1 Å². The number of nitrogens with two attached hydrogens (primary N) is 1. The Hall–Kier alpha value is -2.34. The number of nitrogens with zero attached hydrogens (tertiary/aromatic N) is 3. The third-order valence-corrected chi connectivity index (χ3v) is 3.68. The Morgan fingerprint density at radius 1 is 1.38 bits per heavy atom. The molecule has 0 fully saturated rings. The van der Waals surface area contributed by atoms with Crippen LogP contribution in [-0.2, 0) is 6.42 Å². The second-order valence-corrected chi connectivity index (χ2v) is 5.12. The van der Waals surface area contributed by atoms with Gasteiger partial charge in [0, 0.05) is 30.7 Å². The average Bonchev–Trinajstić information content (AvgIpc) is 3.14. The molecule has 0 radical (unpaired) electrons. The SMILES string of the molecule is CCN(C)c1noc([C@@H](N)Cc2c[nH]c3ccccc23)n1. The molecule has 0 spiro atoms. The molecule has 2 aromatic heterocycles. The largest absolute Gasteiger partial charge is 0.361 e. The minimum absolute atomic E-state index is 0.310. The number of nitrogens with one attached hydrogen (secondary N) is 1. The second-order valence-electron chi connectivity index (χ2n) is 5.12. The van der Waals surface area contributed by atoms with Crippen LogP contribution in [0.2, 0.25) is 0 Å². The molecule has 6 heteroatoms. The van der Waals surface area contributed by atoms with Crippen molar-refractivity contribution >= 4 is 16.9 Å². The van der Waals surface area contributed by atoms with Crippen LogP contribution in [0.5, 0.6) is 0 Å². The van der Waals surface area contributed by atoms with E-state index in [9.17, 15) is 0 Å². The van der Waals surface area contributed by atoms with Gasteiger partial charge in [0.15, 0.2) is 0 Å². The summed E-state index contributed by atoms with van der Waals surface area (Å²) in [6, 6.07) is 7.85. The molecule has 0 amide bonds. The highest BCUT2D eigenvalue weighted by atomic mass is 16.5. The lowest BCUT2D eigenvalue weighted by molar-refractivity contribution is 0.354. The Labute approximate surface area is 122 Å². The van der Waals surface area contributed by atoms with Crippen LogP contribution in [0.4, 0.5) is 5.95 Å². The van der Waals surface area contributed by atoms with E-state index in [1.807, 2.05) is 43.3 Å². The summed E-state index contributed by atoms with van der Waals surface area (Å²) in [5, 5.41) is 5.13. The third-order valence-electron chi connectivity index (χ3n) is 3.68. The summed E-state index contributed by atoms with van der Waals surface area (Å²) in [5.41, 5.74) is 8.47. The Balaban J connectivity index is 1.79. The predicted octanol–water partition coefficient (Wildman–Crippen LogP) is 2.25. The van der Waals surface area contributed by atoms with E-state index in [1.165, 1.54) is 5.39 Å². The molecule has 3 N–H and O–H groups in total. The number of aromatic amines is 1. The highest BCUT2D eigenvalue weighted by Crippen LogP contribution is 2.23. The molecule has 3 rings (SSSR count). The van der Waals surface area contributed by atoms with Gasteiger partial charge in [-0.2, -0.15) is 4.98 Å². The summed E-state index contributed by atoms with van der Waals surface area (Å²) in [6.07, 6.45) is 2.64. The van der Waals surface area contributed by atoms with Crippen LogP contribution in [0.15, 0.2) is 35.0 Å². The number of benzene rings is 1. The molecule has 6 nitrogen and oxygen atoms in total. The molecule has 1 aromatic carbocycles. The lowest BCUT2D eigenvalue weighted by Crippen LogP contribution is -2.18. The summed E-state index contributed by atoms with van der Waals surface area (Å²) < 4.78 is 5.27. The fourth-order valence-electron chi connectivity index (χ4n) is 2.30. The van der Waals surface area contributed by atoms with Crippen molar-refractivity contribution in [1.29, 1.82) is 0 Å². The van der Waals surface area contributed by atoms with E-state index in [0.29, 0.717) is 18.3 Å². The maximum absolute atomic E-state index is 6.20. The van der Waals surface area contributed by atoms with Crippen molar-refractivity contribution in [1.82, 2.24) is 15.1 Å². The van der Waals surface area contributed by atoms with Gasteiger partial charge in [-0.3, -0.25) is 0 Å². The lowest BCUT2D eigenvalue weighted by atomic mass is 10.1. The van der Waals surface area contributed by atoms with E-state index in [2.05, 4.69) is 21.2 Å². The number of aromatic nitrogens is 3. The smallest absolute Gasteiger partial charge is 0.265 e. The number of hydrogen-bond donors (Lipinski definition) is 2. The quantitative estimate of drug-likeness (QED) is 0.751. The number of anilines is 1. The Morgan fingerprint density at radius 2 is 2.19 bits per heavy atom. The van der Waals surface area contributed by atoms with Gasteiger partial charge in [0.25, 0.3) is 5.95 Å². The van der Waals surface area contributed by atoms with Gasteiger partial charge in [0.05, 0.1) is 6.04 Å². The number of fused-ring (bicyclic) bond motifs is 1. The van der Waals surface area contributed by atoms with Crippen molar-refractivity contribution in [2.75, 3.05) is 18.5 Å². The summed E-state index contributed by atoms with van der Waals surface area (Å²) >= 11 is 0. The van der Waals surface area contributed by atoms with Crippen LogP contribution < -0.4 is 10.6 Å². The molecule has 0 unspecified atom stereocenters. The van der Waals surface area contributed by atoms with Crippen molar-refractivity contribution in [2.24, 2.45) is 5.73 Å². The summed E-state index contributed by atoms with van der Waals surface area (Å²) in [7, 11) is 1.92. The van der Waals surface area contributed by atoms with Gasteiger partial charge >= 0.3 is 0 Å². The number of rotatable bonds is 5. The molecule has 0 aliphatic rings. The molecule has 2 heterocycles. The highest BCUT2D eigenvalue weighted by Gasteiger charge is 2.18. The number of H-pyrrole nitrogens is 1. The van der Waals surface area contributed by atoms with E-state index in [1.54, 1.807) is 0 Å². The monoisotopic (exact) mass is 285 g/mol. The molecule has 0 bridgehead atoms. The van der Waals surface area contributed by atoms with Crippen LogP contribution in [0.3, 0.4) is 0 Å². The van der Waals surface area contributed by atoms with Gasteiger partial charge < -0.3 is 20.1 Å². The Kier molecular flexibility index (Phi) is 3.62. The van der Waals surface area contributed by atoms with Crippen molar-refractivity contribution in [3.8, 4) is 0 Å². The average molecular weight is 285 g/mol. The first-order chi connectivity index (χ1) is 10.2. The minimum atomic E-state index is -0.310. The second kappa shape index (κ2) is 5.57. The zero-order valence-corrected chi connectivity index (χ0v) is 12.2. The van der Waals surface area contributed by atoms with Crippen molar-refractivity contribution < 1.29 is 4.52 Å². The lowest BCUT2D eigenvalue weighted by Gasteiger charge is -2.09. The van der Waals surface area contributed by atoms with E-state index in [-0.39, 0.29) is 6.04 Å². The highest BCUT2D eigenvalue weighted by molar-refractivity contribution is 5.83.